The van der Waals surface area contributed by atoms with E-state index in [0.717, 1.165) is 5.01 Å². The Morgan fingerprint density at radius 2 is 2.46 bits per heavy atom. The first-order valence-corrected chi connectivity index (χ1v) is 5.42. The van der Waals surface area contributed by atoms with Crippen LogP contribution in [0.3, 0.4) is 0 Å². The zero-order valence-electron chi connectivity index (χ0n) is 7.02. The van der Waals surface area contributed by atoms with Crippen LogP contribution in [0.15, 0.2) is 0 Å². The average molecular weight is 219 g/mol. The standard InChI is InChI=1S/C6H9N3O2S2/c1-11-5(10)3-12-2-4-8-9-6(7)13-4/h2-3H2,1H3,(H2,7,9). The van der Waals surface area contributed by atoms with Gasteiger partial charge in [-0.1, -0.05) is 11.3 Å². The van der Waals surface area contributed by atoms with Gasteiger partial charge in [-0.25, -0.2) is 0 Å². The minimum Gasteiger partial charge on any atom is -0.468 e. The number of nitrogens with zero attached hydrogens (tertiary/aromatic N) is 2. The summed E-state index contributed by atoms with van der Waals surface area (Å²) in [5, 5.41) is 8.74. The van der Waals surface area contributed by atoms with Crippen molar-refractivity contribution in [2.45, 2.75) is 5.75 Å². The fourth-order valence-electron chi connectivity index (χ4n) is 0.606. The van der Waals surface area contributed by atoms with Crippen LogP contribution in [0, 0.1) is 0 Å². The molecule has 0 aromatic carbocycles. The molecule has 1 heterocycles. The van der Waals surface area contributed by atoms with E-state index in [1.54, 1.807) is 0 Å². The van der Waals surface area contributed by atoms with Crippen molar-refractivity contribution in [3.8, 4) is 0 Å². The fraction of sp³-hybridized carbons (Fsp3) is 0.500. The number of carbonyl (C=O) groups excluding carboxylic acids is 1. The highest BCUT2D eigenvalue weighted by Gasteiger charge is 2.04. The van der Waals surface area contributed by atoms with Crippen molar-refractivity contribution in [3.05, 3.63) is 5.01 Å². The van der Waals surface area contributed by atoms with Gasteiger partial charge in [0.2, 0.25) is 5.13 Å². The third kappa shape index (κ3) is 3.60. The van der Waals surface area contributed by atoms with Gasteiger partial charge in [0, 0.05) is 5.75 Å². The second-order valence-electron chi connectivity index (χ2n) is 2.10. The molecule has 0 saturated carbocycles. The van der Waals surface area contributed by atoms with Crippen molar-refractivity contribution < 1.29 is 9.53 Å². The molecule has 72 valence electrons. The molecule has 0 bridgehead atoms. The predicted molar refractivity (Wildman–Crippen MR) is 52.5 cm³/mol. The third-order valence-corrected chi connectivity index (χ3v) is 3.01. The number of esters is 1. The number of hydrogen-bond donors (Lipinski definition) is 1. The van der Waals surface area contributed by atoms with Crippen LogP contribution < -0.4 is 5.73 Å². The Bertz CT molecular complexity index is 289. The van der Waals surface area contributed by atoms with Crippen molar-refractivity contribution in [3.63, 3.8) is 0 Å². The van der Waals surface area contributed by atoms with Crippen molar-refractivity contribution in [2.75, 3.05) is 18.6 Å². The van der Waals surface area contributed by atoms with Gasteiger partial charge in [0.15, 0.2) is 0 Å². The van der Waals surface area contributed by atoms with Crippen molar-refractivity contribution in [1.29, 1.82) is 0 Å². The van der Waals surface area contributed by atoms with Gasteiger partial charge in [0.1, 0.15) is 5.01 Å². The van der Waals surface area contributed by atoms with Crippen LogP contribution in [0.25, 0.3) is 0 Å². The van der Waals surface area contributed by atoms with E-state index in [0.29, 0.717) is 16.6 Å². The molecule has 13 heavy (non-hydrogen) atoms. The second kappa shape index (κ2) is 5.03. The zero-order chi connectivity index (χ0) is 9.68. The summed E-state index contributed by atoms with van der Waals surface area (Å²) < 4.78 is 4.48. The molecule has 0 saturated heterocycles. The van der Waals surface area contributed by atoms with Gasteiger partial charge in [-0.15, -0.1) is 22.0 Å². The smallest absolute Gasteiger partial charge is 0.315 e. The van der Waals surface area contributed by atoms with Crippen LogP contribution in [-0.4, -0.2) is 29.0 Å². The fourth-order valence-corrected chi connectivity index (χ4v) is 2.11. The largest absolute Gasteiger partial charge is 0.468 e. The first-order valence-electron chi connectivity index (χ1n) is 3.45. The molecule has 0 atom stereocenters. The van der Waals surface area contributed by atoms with Crippen LogP contribution >= 0.6 is 23.1 Å². The van der Waals surface area contributed by atoms with Gasteiger partial charge in [-0.2, -0.15) is 0 Å². The van der Waals surface area contributed by atoms with Crippen molar-refractivity contribution in [1.82, 2.24) is 10.2 Å². The van der Waals surface area contributed by atoms with E-state index in [4.69, 9.17) is 5.73 Å². The molecule has 1 aromatic rings. The van der Waals surface area contributed by atoms with E-state index < -0.39 is 0 Å². The average Bonchev–Trinajstić information content (AvgIpc) is 2.51. The lowest BCUT2D eigenvalue weighted by Crippen LogP contribution is -2.03. The summed E-state index contributed by atoms with van der Waals surface area (Å²) in [5.41, 5.74) is 5.38. The molecule has 7 heteroatoms. The van der Waals surface area contributed by atoms with Crippen LogP contribution in [0.5, 0.6) is 0 Å². The van der Waals surface area contributed by atoms with Gasteiger partial charge < -0.3 is 10.5 Å². The third-order valence-electron chi connectivity index (χ3n) is 1.16. The first kappa shape index (κ1) is 10.3. The number of methoxy groups -OCH3 is 1. The minimum absolute atomic E-state index is 0.234. The molecule has 0 fully saturated rings. The zero-order valence-corrected chi connectivity index (χ0v) is 8.65. The number of aromatic nitrogens is 2. The number of ether oxygens (including phenoxy) is 1. The summed E-state index contributed by atoms with van der Waals surface area (Å²) in [5.74, 6) is 0.738. The maximum atomic E-state index is 10.7. The summed E-state index contributed by atoms with van der Waals surface area (Å²) in [7, 11) is 1.37. The van der Waals surface area contributed by atoms with Gasteiger partial charge in [-0.3, -0.25) is 4.79 Å². The quantitative estimate of drug-likeness (QED) is 0.744. The topological polar surface area (TPSA) is 78.1 Å². The summed E-state index contributed by atoms with van der Waals surface area (Å²) in [6, 6.07) is 0. The molecule has 0 spiro atoms. The predicted octanol–water partition coefficient (Wildman–Crippen LogP) is 0.526. The number of hydrogen-bond acceptors (Lipinski definition) is 7. The number of rotatable bonds is 4. The molecule has 2 N–H and O–H groups in total. The summed E-state index contributed by atoms with van der Waals surface area (Å²) >= 11 is 2.76. The van der Waals surface area contributed by atoms with E-state index in [9.17, 15) is 4.79 Å². The van der Waals surface area contributed by atoms with Gasteiger partial charge in [0.25, 0.3) is 0 Å². The lowest BCUT2D eigenvalue weighted by atomic mass is 10.8. The van der Waals surface area contributed by atoms with Crippen LogP contribution in [-0.2, 0) is 15.3 Å². The molecule has 5 nitrogen and oxygen atoms in total. The highest BCUT2D eigenvalue weighted by atomic mass is 32.2. The van der Waals surface area contributed by atoms with E-state index in [1.807, 2.05) is 0 Å². The van der Waals surface area contributed by atoms with Crippen LogP contribution in [0.2, 0.25) is 0 Å². The lowest BCUT2D eigenvalue weighted by Gasteiger charge is -1.96. The number of carbonyl (C=O) groups is 1. The van der Waals surface area contributed by atoms with E-state index in [1.165, 1.54) is 30.2 Å². The lowest BCUT2D eigenvalue weighted by molar-refractivity contribution is -0.137. The molecule has 1 rings (SSSR count). The SMILES string of the molecule is COC(=O)CSCc1nnc(N)s1. The van der Waals surface area contributed by atoms with Crippen molar-refractivity contribution in [2.24, 2.45) is 0 Å². The Morgan fingerprint density at radius 1 is 1.69 bits per heavy atom. The van der Waals surface area contributed by atoms with E-state index in [-0.39, 0.29) is 5.97 Å². The molecule has 0 aliphatic carbocycles. The normalized spacial score (nSPS) is 9.92. The summed E-state index contributed by atoms with van der Waals surface area (Å²) in [6.07, 6.45) is 0. The number of thioether (sulfide) groups is 1. The Kier molecular flexibility index (Phi) is 3.97. The first-order chi connectivity index (χ1) is 6.22. The molecular formula is C6H9N3O2S2. The van der Waals surface area contributed by atoms with E-state index in [2.05, 4.69) is 14.9 Å². The summed E-state index contributed by atoms with van der Waals surface area (Å²) in [4.78, 5) is 10.7. The summed E-state index contributed by atoms with van der Waals surface area (Å²) in [6.45, 7) is 0. The molecule has 0 aliphatic rings. The minimum atomic E-state index is -0.234. The highest BCUT2D eigenvalue weighted by Crippen LogP contribution is 2.17. The second-order valence-corrected chi connectivity index (χ2v) is 4.18. The highest BCUT2D eigenvalue weighted by molar-refractivity contribution is 7.99. The van der Waals surface area contributed by atoms with Crippen LogP contribution in [0.1, 0.15) is 5.01 Å². The van der Waals surface area contributed by atoms with Crippen molar-refractivity contribution >= 4 is 34.2 Å². The maximum absolute atomic E-state index is 10.7. The molecule has 1 aromatic heterocycles. The Balaban J connectivity index is 2.24. The van der Waals surface area contributed by atoms with Gasteiger partial charge in [-0.05, 0) is 0 Å². The molecule has 0 radical (unpaired) electrons. The van der Waals surface area contributed by atoms with Gasteiger partial charge >= 0.3 is 5.97 Å². The number of anilines is 1. The molecule has 0 unspecified atom stereocenters. The molecule has 0 aliphatic heterocycles. The maximum Gasteiger partial charge on any atom is 0.315 e. The molecule has 0 amide bonds. The Morgan fingerprint density at radius 3 is 3.00 bits per heavy atom. The molecular weight excluding hydrogens is 210 g/mol. The Labute approximate surface area is 83.7 Å². The monoisotopic (exact) mass is 219 g/mol. The van der Waals surface area contributed by atoms with Gasteiger partial charge in [0.05, 0.1) is 12.9 Å². The van der Waals surface area contributed by atoms with Crippen LogP contribution in [0.4, 0.5) is 5.13 Å². The number of nitrogens with two attached hydrogens (primary N) is 1. The number of nitrogen functional groups attached to an aromatic ring is 1. The van der Waals surface area contributed by atoms with E-state index >= 15 is 0 Å². The Hall–Kier alpha value is -0.820.